The number of benzene rings is 4. The van der Waals surface area contributed by atoms with Crippen molar-refractivity contribution in [2.75, 3.05) is 13.1 Å². The van der Waals surface area contributed by atoms with Crippen LogP contribution in [0.1, 0.15) is 94.9 Å². The quantitative estimate of drug-likeness (QED) is 0.0257. The molecule has 29 nitrogen and oxygen atoms in total. The molecule has 7 rings (SSSR count). The van der Waals surface area contributed by atoms with Crippen molar-refractivity contribution < 1.29 is 72.9 Å². The molecular weight excluding hydrogens is 1260 g/mol. The summed E-state index contributed by atoms with van der Waals surface area (Å²) in [7, 11) is 0. The van der Waals surface area contributed by atoms with Gasteiger partial charge in [0.1, 0.15) is 60.1 Å². The van der Waals surface area contributed by atoms with Gasteiger partial charge in [-0.1, -0.05) is 107 Å². The van der Waals surface area contributed by atoms with Gasteiger partial charge in [-0.3, -0.25) is 52.7 Å². The number of carbonyl (C=O) groups is 12. The summed E-state index contributed by atoms with van der Waals surface area (Å²) >= 11 is 0. The lowest BCUT2D eigenvalue weighted by Crippen LogP contribution is -2.61. The Morgan fingerprint density at radius 3 is 1.54 bits per heavy atom. The second-order valence-electron chi connectivity index (χ2n) is 25.3. The summed E-state index contributed by atoms with van der Waals surface area (Å²) in [5.74, 6) is -12.8. The average molecular weight is 1350 g/mol. The molecule has 29 heteroatoms. The van der Waals surface area contributed by atoms with Gasteiger partial charge in [-0.25, -0.2) is 4.79 Å². The van der Waals surface area contributed by atoms with E-state index in [0.29, 0.717) is 56.9 Å². The van der Waals surface area contributed by atoms with Crippen LogP contribution in [0.2, 0.25) is 0 Å². The number of hydrogen-bond donors (Lipinski definition) is 16. The second kappa shape index (κ2) is 35.4. The van der Waals surface area contributed by atoms with Crippen LogP contribution < -0.4 is 59.7 Å². The minimum absolute atomic E-state index is 0.0150. The van der Waals surface area contributed by atoms with E-state index in [-0.39, 0.29) is 75.6 Å². The SMILES string of the molecule is CC(C)CC(NC(=O)C(CCCN)NC(=O)C(N)C(C)C)C(=O)NC(Cc1ccc(O)cc1)C(=O)N1CCCC1C(=O)NC(Cc1c[nH]c2ccccc12)C(=O)NC(Cc1ccccc1)C(=O)NC(CC(N)=O)C(=O)NC(CC(=O)O)C(=O)NC(Cc1c[nH]c2ccccc12)C(=O)O. The second-order valence-corrected chi connectivity index (χ2v) is 25.3. The number of amides is 10. The number of hydrogen-bond acceptors (Lipinski definition) is 15. The van der Waals surface area contributed by atoms with Crippen LogP contribution in [0.25, 0.3) is 21.8 Å². The molecule has 0 saturated carbocycles. The predicted octanol–water partition coefficient (Wildman–Crippen LogP) is 0.698. The Morgan fingerprint density at radius 1 is 0.531 bits per heavy atom. The molecule has 19 N–H and O–H groups in total. The summed E-state index contributed by atoms with van der Waals surface area (Å²) in [5, 5.41) is 52.3. The number of nitrogens with zero attached hydrogens (tertiary/aromatic N) is 1. The number of aliphatic carboxylic acids is 2. The van der Waals surface area contributed by atoms with Gasteiger partial charge in [0.05, 0.1) is 18.9 Å². The van der Waals surface area contributed by atoms with Crippen molar-refractivity contribution in [3.63, 3.8) is 0 Å². The minimum Gasteiger partial charge on any atom is -0.508 e. The monoisotopic (exact) mass is 1350 g/mol. The highest BCUT2D eigenvalue weighted by Gasteiger charge is 2.42. The first-order valence-electron chi connectivity index (χ1n) is 32.5. The van der Waals surface area contributed by atoms with Gasteiger partial charge < -0.3 is 89.9 Å². The fraction of sp³-hybridized carbons (Fsp3) is 0.420. The number of phenols is 1. The van der Waals surface area contributed by atoms with Crippen molar-refractivity contribution in [1.29, 1.82) is 0 Å². The lowest BCUT2D eigenvalue weighted by Gasteiger charge is -2.31. The largest absolute Gasteiger partial charge is 0.508 e. The van der Waals surface area contributed by atoms with Crippen LogP contribution in [0.5, 0.6) is 5.75 Å². The van der Waals surface area contributed by atoms with Gasteiger partial charge in [0.15, 0.2) is 0 Å². The summed E-state index contributed by atoms with van der Waals surface area (Å²) in [6.07, 6.45) is 1.24. The highest BCUT2D eigenvalue weighted by Crippen LogP contribution is 2.25. The number of fused-ring (bicyclic) bond motifs is 2. The van der Waals surface area contributed by atoms with E-state index in [9.17, 15) is 58.5 Å². The molecule has 2 aromatic heterocycles. The molecule has 1 saturated heterocycles. The van der Waals surface area contributed by atoms with Crippen LogP contribution in [0.3, 0.4) is 0 Å². The van der Waals surface area contributed by atoms with Gasteiger partial charge in [0, 0.05) is 66.4 Å². The number of H-pyrrole nitrogens is 2. The molecule has 0 spiro atoms. The number of aromatic hydroxyl groups is 1. The third-order valence-corrected chi connectivity index (χ3v) is 16.9. The number of aromatic nitrogens is 2. The van der Waals surface area contributed by atoms with E-state index >= 15 is 14.4 Å². The number of carbonyl (C=O) groups excluding carboxylic acids is 10. The summed E-state index contributed by atoms with van der Waals surface area (Å²) in [5.41, 5.74) is 20.9. The molecule has 3 heterocycles. The zero-order valence-electron chi connectivity index (χ0n) is 55.0. The number of aromatic amines is 2. The van der Waals surface area contributed by atoms with Gasteiger partial charge in [-0.2, -0.15) is 0 Å². The van der Waals surface area contributed by atoms with Gasteiger partial charge in [0.2, 0.25) is 59.1 Å². The molecule has 10 unspecified atom stereocenters. The first-order valence-corrected chi connectivity index (χ1v) is 32.5. The number of nitrogens with one attached hydrogen (secondary N) is 10. The number of primary amides is 1. The van der Waals surface area contributed by atoms with E-state index in [4.69, 9.17) is 17.2 Å². The summed E-state index contributed by atoms with van der Waals surface area (Å²) in [6.45, 7) is 7.37. The molecule has 524 valence electrons. The van der Waals surface area contributed by atoms with Crippen molar-refractivity contribution in [2.24, 2.45) is 29.0 Å². The third-order valence-electron chi connectivity index (χ3n) is 16.9. The fourth-order valence-corrected chi connectivity index (χ4v) is 11.6. The molecule has 1 fully saturated rings. The number of carboxylic acid groups (broad SMARTS) is 2. The maximum atomic E-state index is 15.2. The maximum absolute atomic E-state index is 15.2. The molecule has 1 aliphatic rings. The molecular formula is C69H88N14O15. The van der Waals surface area contributed by atoms with E-state index in [1.54, 1.807) is 117 Å². The Bertz CT molecular complexity index is 3820. The molecule has 0 bridgehead atoms. The molecule has 98 heavy (non-hydrogen) atoms. The molecule has 6 aromatic rings. The number of carboxylic acids is 2. The van der Waals surface area contributed by atoms with Gasteiger partial charge in [-0.05, 0) is 97.0 Å². The zero-order chi connectivity index (χ0) is 71.3. The smallest absolute Gasteiger partial charge is 0.326 e. The predicted molar refractivity (Wildman–Crippen MR) is 360 cm³/mol. The molecule has 0 aliphatic carbocycles. The minimum atomic E-state index is -1.97. The van der Waals surface area contributed by atoms with Gasteiger partial charge in [-0.15, -0.1) is 0 Å². The van der Waals surface area contributed by atoms with Crippen LogP contribution >= 0.6 is 0 Å². The molecule has 4 aromatic carbocycles. The molecule has 1 aliphatic heterocycles. The van der Waals surface area contributed by atoms with Crippen molar-refractivity contribution in [1.82, 2.24) is 57.4 Å². The highest BCUT2D eigenvalue weighted by molar-refractivity contribution is 6.01. The van der Waals surface area contributed by atoms with E-state index in [1.807, 2.05) is 13.8 Å². The summed E-state index contributed by atoms with van der Waals surface area (Å²) < 4.78 is 0. The van der Waals surface area contributed by atoms with Crippen molar-refractivity contribution >= 4 is 92.8 Å². The Labute approximate surface area is 565 Å². The van der Waals surface area contributed by atoms with Crippen molar-refractivity contribution in [3.05, 3.63) is 138 Å². The van der Waals surface area contributed by atoms with E-state index in [0.717, 1.165) is 0 Å². The summed E-state index contributed by atoms with van der Waals surface area (Å²) in [4.78, 5) is 175. The standard InChI is InChI=1S/C69H88N14O15/c1-37(2)28-49(76-60(88)48(20-12-26-70)75-67(95)59(72)38(3)4)61(89)81-54(30-40-22-24-43(84)25-23-40)68(96)83-27-13-21-56(83)66(94)80-51(31-41-35-73-46-18-10-8-16-44(41)46)63(91)77-50(29-39-14-6-5-7-15-39)62(90)78-52(33-57(71)85)64(92)79-53(34-58(86)87)65(93)82-55(69(97)98)32-42-36-74-47-19-11-9-17-45(42)47/h5-11,14-19,22-25,35-38,48-56,59,73-74,84H,12-13,20-21,26-34,70,72H2,1-4H3,(H2,71,85)(H,75,95)(H,76,88)(H,77,91)(H,78,90)(H,79,92)(H,80,94)(H,81,89)(H,82,93)(H,86,87)(H,97,98). The molecule has 10 amide bonds. The number of phenolic OH excluding ortho intramolecular Hbond substituents is 1. The Hall–Kier alpha value is -10.7. The number of para-hydroxylation sites is 2. The highest BCUT2D eigenvalue weighted by atomic mass is 16.4. The van der Waals surface area contributed by atoms with Crippen LogP contribution in [-0.2, 0) is 83.2 Å². The van der Waals surface area contributed by atoms with Gasteiger partial charge >= 0.3 is 11.9 Å². The fourth-order valence-electron chi connectivity index (χ4n) is 11.6. The Kier molecular flexibility index (Phi) is 27.0. The first-order chi connectivity index (χ1) is 46.7. The van der Waals surface area contributed by atoms with E-state index in [2.05, 4.69) is 52.5 Å². The normalized spacial score (nSPS) is 15.7. The van der Waals surface area contributed by atoms with Crippen LogP contribution in [-0.4, -0.2) is 175 Å². The number of nitrogens with two attached hydrogens (primary N) is 3. The Morgan fingerprint density at radius 2 is 0.990 bits per heavy atom. The van der Waals surface area contributed by atoms with Gasteiger partial charge in [0.25, 0.3) is 0 Å². The zero-order valence-corrected chi connectivity index (χ0v) is 55.0. The topological polar surface area (TPSA) is 475 Å². The van der Waals surface area contributed by atoms with E-state index < -0.39 is 144 Å². The van der Waals surface area contributed by atoms with Crippen molar-refractivity contribution in [2.45, 2.75) is 159 Å². The lowest BCUT2D eigenvalue weighted by molar-refractivity contribution is -0.144. The van der Waals surface area contributed by atoms with Crippen LogP contribution in [0, 0.1) is 11.8 Å². The lowest BCUT2D eigenvalue weighted by atomic mass is 9.99. The number of likely N-dealkylation sites (tertiary alicyclic amines) is 1. The summed E-state index contributed by atoms with van der Waals surface area (Å²) in [6, 6.07) is 13.7. The average Bonchev–Trinajstić information content (AvgIpc) is 1.61. The molecule has 10 atom stereocenters. The van der Waals surface area contributed by atoms with Crippen LogP contribution in [0.15, 0.2) is 116 Å². The third kappa shape index (κ3) is 21.2. The van der Waals surface area contributed by atoms with Crippen molar-refractivity contribution in [3.8, 4) is 5.75 Å². The first kappa shape index (κ1) is 74.7. The Balaban J connectivity index is 1.14. The van der Waals surface area contributed by atoms with E-state index in [1.165, 1.54) is 17.0 Å². The maximum Gasteiger partial charge on any atom is 0.326 e. The number of rotatable bonds is 36. The van der Waals surface area contributed by atoms with Crippen LogP contribution in [0.4, 0.5) is 0 Å². The molecule has 0 radical (unpaired) electrons.